The maximum Gasteiger partial charge on any atom is 0.459 e. The Morgan fingerprint density at radius 2 is 1.77 bits per heavy atom. The largest absolute Gasteiger partial charge is 0.459 e. The van der Waals surface area contributed by atoms with Gasteiger partial charge in [-0.05, 0) is 5.21 Å². The van der Waals surface area contributed by atoms with E-state index < -0.39 is 17.8 Å². The summed E-state index contributed by atoms with van der Waals surface area (Å²) in [6.07, 6.45) is -5.11. The average molecular weight is 198 g/mol. The minimum absolute atomic E-state index is 0.585. The molecule has 8 heteroatoms. The molecule has 1 aromatic rings. The Morgan fingerprint density at radius 1 is 1.15 bits per heavy atom. The lowest BCUT2D eigenvalue weighted by atomic mass is 10.2. The van der Waals surface area contributed by atoms with Gasteiger partial charge in [0.25, 0.3) is 0 Å². The molecular weight excluding hydrogens is 197 g/mol. The molecule has 0 spiro atoms. The number of hydrogen-bond donors (Lipinski definition) is 0. The van der Waals surface area contributed by atoms with Crippen LogP contribution >= 0.6 is 0 Å². The molecule has 71 valence electrons. The normalized spacial score (nSPS) is 13.0. The summed E-state index contributed by atoms with van der Waals surface area (Å²) in [6.45, 7) is 0. The minimum atomic E-state index is -5.69. The van der Waals surface area contributed by atoms with Gasteiger partial charge in [0.15, 0.2) is 5.69 Å². The van der Waals surface area contributed by atoms with Crippen LogP contribution in [0.25, 0.3) is 0 Å². The van der Waals surface area contributed by atoms with Crippen LogP contribution in [-0.2, 0) is 5.92 Å². The zero-order valence-electron chi connectivity index (χ0n) is 5.81. The lowest BCUT2D eigenvalue weighted by molar-refractivity contribution is -0.291. The molecule has 0 aliphatic heterocycles. The topological polar surface area (TPSA) is 38.7 Å². The average Bonchev–Trinajstić information content (AvgIpc) is 2.04. The highest BCUT2D eigenvalue weighted by Crippen LogP contribution is 2.42. The van der Waals surface area contributed by atoms with Crippen LogP contribution in [0.1, 0.15) is 5.69 Å². The molecule has 0 fully saturated rings. The Kier molecular flexibility index (Phi) is 2.14. The summed E-state index contributed by atoms with van der Waals surface area (Å²) in [6, 6.07) is 1.56. The van der Waals surface area contributed by atoms with E-state index in [0.717, 1.165) is 0 Å². The first-order chi connectivity index (χ1) is 5.86. The van der Waals surface area contributed by atoms with Crippen LogP contribution in [0.3, 0.4) is 0 Å². The number of rotatable bonds is 1. The maximum absolute atomic E-state index is 12.4. The highest BCUT2D eigenvalue weighted by Gasteiger charge is 2.60. The van der Waals surface area contributed by atoms with E-state index in [9.17, 15) is 22.0 Å². The van der Waals surface area contributed by atoms with E-state index in [0.29, 0.717) is 6.20 Å². The fourth-order valence-corrected chi connectivity index (χ4v) is 0.503. The van der Waals surface area contributed by atoms with Crippen LogP contribution < -0.4 is 0 Å². The molecule has 3 nitrogen and oxygen atoms in total. The third-order valence-electron chi connectivity index (χ3n) is 1.11. The highest BCUT2D eigenvalue weighted by molar-refractivity contribution is 5.05. The van der Waals surface area contributed by atoms with E-state index in [-0.39, 0.29) is 0 Å². The van der Waals surface area contributed by atoms with Gasteiger partial charge in [0, 0.05) is 6.07 Å². The van der Waals surface area contributed by atoms with Gasteiger partial charge in [-0.3, -0.25) is 0 Å². The third kappa shape index (κ3) is 1.70. The lowest BCUT2D eigenvalue weighted by Crippen LogP contribution is -2.34. The van der Waals surface area contributed by atoms with Gasteiger partial charge in [0.05, 0.1) is 6.20 Å². The van der Waals surface area contributed by atoms with Crippen LogP contribution in [0, 0.1) is 6.07 Å². The molecular formula is C5HF5N3. The van der Waals surface area contributed by atoms with Gasteiger partial charge in [0.2, 0.25) is 0 Å². The van der Waals surface area contributed by atoms with Crippen LogP contribution in [0.5, 0.6) is 0 Å². The van der Waals surface area contributed by atoms with E-state index in [4.69, 9.17) is 0 Å². The fraction of sp³-hybridized carbons (Fsp3) is 0.400. The van der Waals surface area contributed by atoms with Gasteiger partial charge < -0.3 is 0 Å². The molecule has 0 aliphatic carbocycles. The summed E-state index contributed by atoms with van der Waals surface area (Å²) in [7, 11) is 0. The second-order valence-corrected chi connectivity index (χ2v) is 2.00. The third-order valence-corrected chi connectivity index (χ3v) is 1.11. The number of halogens is 5. The van der Waals surface area contributed by atoms with Gasteiger partial charge in [0.1, 0.15) is 0 Å². The molecule has 0 atom stereocenters. The predicted molar refractivity (Wildman–Crippen MR) is 28.6 cm³/mol. The van der Waals surface area contributed by atoms with Gasteiger partial charge in [-0.1, -0.05) is 0 Å². The van der Waals surface area contributed by atoms with Crippen molar-refractivity contribution in [3.8, 4) is 0 Å². The molecule has 0 aromatic carbocycles. The summed E-state index contributed by atoms with van der Waals surface area (Å²) in [5.41, 5.74) is -1.59. The predicted octanol–water partition coefficient (Wildman–Crippen LogP) is 1.33. The molecule has 0 unspecified atom stereocenters. The van der Waals surface area contributed by atoms with Crippen molar-refractivity contribution in [2.45, 2.75) is 12.1 Å². The van der Waals surface area contributed by atoms with Crippen molar-refractivity contribution >= 4 is 0 Å². The Labute approximate surface area is 68.6 Å². The zero-order chi connectivity index (χ0) is 10.1. The van der Waals surface area contributed by atoms with Gasteiger partial charge in [-0.25, -0.2) is 0 Å². The second kappa shape index (κ2) is 2.86. The molecule has 0 amide bonds. The van der Waals surface area contributed by atoms with E-state index in [1.54, 1.807) is 6.07 Å². The Morgan fingerprint density at radius 3 is 2.15 bits per heavy atom. The van der Waals surface area contributed by atoms with Crippen LogP contribution in [-0.4, -0.2) is 21.6 Å². The number of nitrogens with zero attached hydrogens (tertiary/aromatic N) is 3. The number of hydrogen-bond acceptors (Lipinski definition) is 3. The summed E-state index contributed by atoms with van der Waals surface area (Å²) < 4.78 is 59.7. The van der Waals surface area contributed by atoms with Crippen molar-refractivity contribution in [1.82, 2.24) is 15.4 Å². The van der Waals surface area contributed by atoms with Crippen molar-refractivity contribution < 1.29 is 22.0 Å². The first kappa shape index (κ1) is 9.75. The SMILES string of the molecule is FC(F)(F)C(F)(F)c1[c]cnnn1. The molecule has 0 bridgehead atoms. The Hall–Kier alpha value is -1.34. The molecule has 0 saturated carbocycles. The van der Waals surface area contributed by atoms with Crippen molar-refractivity contribution in [2.75, 3.05) is 0 Å². The smallest absolute Gasteiger partial charge is 0.189 e. The molecule has 1 aromatic heterocycles. The first-order valence-electron chi connectivity index (χ1n) is 2.87. The molecule has 1 heterocycles. The molecule has 1 radical (unpaired) electrons. The van der Waals surface area contributed by atoms with Gasteiger partial charge in [-0.2, -0.15) is 22.0 Å². The molecule has 13 heavy (non-hydrogen) atoms. The molecule has 1 rings (SSSR count). The zero-order valence-corrected chi connectivity index (χ0v) is 5.81. The summed E-state index contributed by atoms with van der Waals surface area (Å²) in [5.74, 6) is -5.04. The lowest BCUT2D eigenvalue weighted by Gasteiger charge is -2.17. The maximum atomic E-state index is 12.4. The monoisotopic (exact) mass is 198 g/mol. The van der Waals surface area contributed by atoms with Crippen LogP contribution in [0.2, 0.25) is 0 Å². The first-order valence-corrected chi connectivity index (χ1v) is 2.87. The van der Waals surface area contributed by atoms with Gasteiger partial charge in [-0.15, -0.1) is 10.2 Å². The van der Waals surface area contributed by atoms with Crippen LogP contribution in [0.4, 0.5) is 22.0 Å². The summed E-state index contributed by atoms with van der Waals surface area (Å²) in [5, 5.41) is 8.11. The quantitative estimate of drug-likeness (QED) is 0.639. The number of alkyl halides is 5. The minimum Gasteiger partial charge on any atom is -0.189 e. The van der Waals surface area contributed by atoms with Crippen LogP contribution in [0.15, 0.2) is 6.20 Å². The standard InChI is InChI=1S/C5HF5N3/c6-4(7,5(8,9)10)3-1-2-11-13-12-3/h2H. The number of aromatic nitrogens is 3. The van der Waals surface area contributed by atoms with Crippen molar-refractivity contribution in [1.29, 1.82) is 0 Å². The summed E-state index contributed by atoms with van der Waals surface area (Å²) >= 11 is 0. The molecule has 0 saturated heterocycles. The van der Waals surface area contributed by atoms with E-state index in [2.05, 4.69) is 15.4 Å². The molecule has 0 aliphatic rings. The fourth-order valence-electron chi connectivity index (χ4n) is 0.503. The highest BCUT2D eigenvalue weighted by atomic mass is 19.4. The van der Waals surface area contributed by atoms with Gasteiger partial charge >= 0.3 is 12.1 Å². The molecule has 0 N–H and O–H groups in total. The van der Waals surface area contributed by atoms with E-state index in [1.165, 1.54) is 0 Å². The van der Waals surface area contributed by atoms with E-state index in [1.807, 2.05) is 0 Å². The second-order valence-electron chi connectivity index (χ2n) is 2.00. The van der Waals surface area contributed by atoms with E-state index >= 15 is 0 Å². The van der Waals surface area contributed by atoms with Crippen molar-refractivity contribution in [2.24, 2.45) is 0 Å². The Bertz CT molecular complexity index is 282. The summed E-state index contributed by atoms with van der Waals surface area (Å²) in [4.78, 5) is 0. The van der Waals surface area contributed by atoms with Crippen molar-refractivity contribution in [3.05, 3.63) is 18.0 Å². The Balaban J connectivity index is 3.08. The van der Waals surface area contributed by atoms with Crippen molar-refractivity contribution in [3.63, 3.8) is 0 Å².